The molecule has 1 N–H and O–H groups in total. The molecule has 1 rings (SSSR count). The summed E-state index contributed by atoms with van der Waals surface area (Å²) >= 11 is 0. The van der Waals surface area contributed by atoms with Crippen molar-refractivity contribution in [1.29, 1.82) is 0 Å². The minimum absolute atomic E-state index is 0.231. The SMILES string of the molecule is C=CCNC(=O)[C@H](C)OC(=O)COc1c(C)cccc1C. The fourth-order valence-corrected chi connectivity index (χ4v) is 1.76. The fraction of sp³-hybridized carbons (Fsp3) is 0.375. The van der Waals surface area contributed by atoms with Crippen LogP contribution in [0.1, 0.15) is 18.1 Å². The van der Waals surface area contributed by atoms with Crippen molar-refractivity contribution < 1.29 is 19.1 Å². The first-order valence-electron chi connectivity index (χ1n) is 6.72. The third kappa shape index (κ3) is 5.30. The molecule has 0 unspecified atom stereocenters. The van der Waals surface area contributed by atoms with E-state index < -0.39 is 12.1 Å². The highest BCUT2D eigenvalue weighted by Gasteiger charge is 2.17. The summed E-state index contributed by atoms with van der Waals surface area (Å²) < 4.78 is 10.5. The molecule has 0 aliphatic carbocycles. The van der Waals surface area contributed by atoms with E-state index in [2.05, 4.69) is 11.9 Å². The van der Waals surface area contributed by atoms with E-state index >= 15 is 0 Å². The molecule has 0 aliphatic heterocycles. The van der Waals surface area contributed by atoms with Crippen molar-refractivity contribution in [3.63, 3.8) is 0 Å². The van der Waals surface area contributed by atoms with Crippen molar-refractivity contribution in [1.82, 2.24) is 5.32 Å². The van der Waals surface area contributed by atoms with Crippen molar-refractivity contribution >= 4 is 11.9 Å². The van der Waals surface area contributed by atoms with E-state index in [-0.39, 0.29) is 12.5 Å². The summed E-state index contributed by atoms with van der Waals surface area (Å²) in [5, 5.41) is 2.55. The number of hydrogen-bond acceptors (Lipinski definition) is 4. The van der Waals surface area contributed by atoms with Crippen LogP contribution in [-0.4, -0.2) is 31.1 Å². The van der Waals surface area contributed by atoms with Crippen LogP contribution in [0.2, 0.25) is 0 Å². The maximum absolute atomic E-state index is 11.7. The second kappa shape index (κ2) is 8.09. The molecule has 1 atom stereocenters. The number of rotatable bonds is 7. The van der Waals surface area contributed by atoms with Crippen LogP contribution < -0.4 is 10.1 Å². The van der Waals surface area contributed by atoms with Crippen molar-refractivity contribution in [3.05, 3.63) is 42.0 Å². The van der Waals surface area contributed by atoms with Crippen LogP contribution in [0.5, 0.6) is 5.75 Å². The maximum atomic E-state index is 11.7. The highest BCUT2D eigenvalue weighted by molar-refractivity contribution is 5.83. The van der Waals surface area contributed by atoms with E-state index in [0.717, 1.165) is 11.1 Å². The average Bonchev–Trinajstić information content (AvgIpc) is 2.44. The topological polar surface area (TPSA) is 64.6 Å². The summed E-state index contributed by atoms with van der Waals surface area (Å²) in [6.45, 7) is 8.90. The number of carbonyl (C=O) groups excluding carboxylic acids is 2. The first-order valence-corrected chi connectivity index (χ1v) is 6.72. The minimum atomic E-state index is -0.862. The van der Waals surface area contributed by atoms with Crippen molar-refractivity contribution in [2.24, 2.45) is 0 Å². The molecule has 0 bridgehead atoms. The number of para-hydroxylation sites is 1. The summed E-state index contributed by atoms with van der Waals surface area (Å²) in [6, 6.07) is 5.72. The van der Waals surface area contributed by atoms with E-state index in [9.17, 15) is 9.59 Å². The van der Waals surface area contributed by atoms with Crippen molar-refractivity contribution in [2.75, 3.05) is 13.2 Å². The predicted molar refractivity (Wildman–Crippen MR) is 80.2 cm³/mol. The molecule has 1 amide bonds. The van der Waals surface area contributed by atoms with Crippen LogP contribution in [0.15, 0.2) is 30.9 Å². The predicted octanol–water partition coefficient (Wildman–Crippen LogP) is 1.92. The van der Waals surface area contributed by atoms with Gasteiger partial charge in [0.05, 0.1) is 0 Å². The summed E-state index contributed by atoms with van der Waals surface area (Å²) in [5.41, 5.74) is 1.89. The van der Waals surface area contributed by atoms with Gasteiger partial charge in [0.25, 0.3) is 5.91 Å². The molecular weight excluding hydrogens is 270 g/mol. The first kappa shape index (κ1) is 16.8. The lowest BCUT2D eigenvalue weighted by molar-refractivity contribution is -0.156. The number of benzene rings is 1. The Hall–Kier alpha value is -2.30. The maximum Gasteiger partial charge on any atom is 0.344 e. The van der Waals surface area contributed by atoms with E-state index in [1.54, 1.807) is 6.08 Å². The number of aryl methyl sites for hydroxylation is 2. The number of hydrogen-bond donors (Lipinski definition) is 1. The Balaban J connectivity index is 2.47. The summed E-state index contributed by atoms with van der Waals surface area (Å²) in [4.78, 5) is 23.2. The van der Waals surface area contributed by atoms with Crippen LogP contribution in [-0.2, 0) is 14.3 Å². The van der Waals surface area contributed by atoms with E-state index in [0.29, 0.717) is 12.3 Å². The van der Waals surface area contributed by atoms with Crippen LogP contribution >= 0.6 is 0 Å². The van der Waals surface area contributed by atoms with Gasteiger partial charge >= 0.3 is 5.97 Å². The number of amides is 1. The molecule has 0 aliphatic rings. The highest BCUT2D eigenvalue weighted by Crippen LogP contribution is 2.22. The standard InChI is InChI=1S/C16H21NO4/c1-5-9-17-16(19)13(4)21-14(18)10-20-15-11(2)7-6-8-12(15)3/h5-8,13H,1,9-10H2,2-4H3,(H,17,19)/t13-/m0/s1. The molecule has 1 aromatic carbocycles. The highest BCUT2D eigenvalue weighted by atomic mass is 16.6. The molecule has 114 valence electrons. The molecule has 0 radical (unpaired) electrons. The Kier molecular flexibility index (Phi) is 6.46. The van der Waals surface area contributed by atoms with Gasteiger partial charge in [0.1, 0.15) is 5.75 Å². The van der Waals surface area contributed by atoms with Crippen LogP contribution in [0.4, 0.5) is 0 Å². The van der Waals surface area contributed by atoms with Gasteiger partial charge in [0.15, 0.2) is 12.7 Å². The second-order valence-electron chi connectivity index (χ2n) is 4.68. The van der Waals surface area contributed by atoms with E-state index in [1.165, 1.54) is 6.92 Å². The lowest BCUT2D eigenvalue weighted by atomic mass is 10.1. The van der Waals surface area contributed by atoms with Gasteiger partial charge in [-0.2, -0.15) is 0 Å². The van der Waals surface area contributed by atoms with Gasteiger partial charge < -0.3 is 14.8 Å². The van der Waals surface area contributed by atoms with Gasteiger partial charge in [-0.1, -0.05) is 24.3 Å². The van der Waals surface area contributed by atoms with E-state index in [1.807, 2.05) is 32.0 Å². The average molecular weight is 291 g/mol. The van der Waals surface area contributed by atoms with Crippen molar-refractivity contribution in [2.45, 2.75) is 26.9 Å². The first-order chi connectivity index (χ1) is 9.95. The molecule has 0 heterocycles. The third-order valence-electron chi connectivity index (χ3n) is 2.84. The minimum Gasteiger partial charge on any atom is -0.481 e. The van der Waals surface area contributed by atoms with E-state index in [4.69, 9.17) is 9.47 Å². The Morgan fingerprint density at radius 3 is 2.52 bits per heavy atom. The van der Waals surface area contributed by atoms with Crippen LogP contribution in [0, 0.1) is 13.8 Å². The zero-order chi connectivity index (χ0) is 15.8. The Bertz CT molecular complexity index is 505. The molecule has 21 heavy (non-hydrogen) atoms. The molecule has 0 fully saturated rings. The Morgan fingerprint density at radius 2 is 1.95 bits per heavy atom. The number of esters is 1. The molecule has 0 saturated heterocycles. The summed E-state index contributed by atoms with van der Waals surface area (Å²) in [7, 11) is 0. The third-order valence-corrected chi connectivity index (χ3v) is 2.84. The molecule has 0 spiro atoms. The number of carbonyl (C=O) groups is 2. The zero-order valence-electron chi connectivity index (χ0n) is 12.6. The molecule has 5 heteroatoms. The smallest absolute Gasteiger partial charge is 0.344 e. The number of nitrogens with one attached hydrogen (secondary N) is 1. The number of ether oxygens (including phenoxy) is 2. The lowest BCUT2D eigenvalue weighted by Crippen LogP contribution is -2.36. The van der Waals surface area contributed by atoms with Crippen LogP contribution in [0.3, 0.4) is 0 Å². The van der Waals surface area contributed by atoms with Gasteiger partial charge in [-0.25, -0.2) is 4.79 Å². The largest absolute Gasteiger partial charge is 0.481 e. The quantitative estimate of drug-likeness (QED) is 0.616. The summed E-state index contributed by atoms with van der Waals surface area (Å²) in [6.07, 6.45) is 0.690. The monoisotopic (exact) mass is 291 g/mol. The Morgan fingerprint density at radius 1 is 1.33 bits per heavy atom. The zero-order valence-corrected chi connectivity index (χ0v) is 12.6. The van der Waals surface area contributed by atoms with Gasteiger partial charge in [-0.05, 0) is 31.9 Å². The second-order valence-corrected chi connectivity index (χ2v) is 4.68. The van der Waals surface area contributed by atoms with Gasteiger partial charge in [0, 0.05) is 6.54 Å². The molecular formula is C16H21NO4. The van der Waals surface area contributed by atoms with Crippen LogP contribution in [0.25, 0.3) is 0 Å². The normalized spacial score (nSPS) is 11.4. The molecule has 1 aromatic rings. The Labute approximate surface area is 124 Å². The van der Waals surface area contributed by atoms with Gasteiger partial charge in [-0.15, -0.1) is 6.58 Å². The van der Waals surface area contributed by atoms with Gasteiger partial charge in [0.2, 0.25) is 0 Å². The van der Waals surface area contributed by atoms with Gasteiger partial charge in [-0.3, -0.25) is 4.79 Å². The fourth-order valence-electron chi connectivity index (χ4n) is 1.76. The van der Waals surface area contributed by atoms with Crippen molar-refractivity contribution in [3.8, 4) is 5.75 Å². The molecule has 5 nitrogen and oxygen atoms in total. The lowest BCUT2D eigenvalue weighted by Gasteiger charge is -2.14. The molecule has 0 saturated carbocycles. The summed E-state index contributed by atoms with van der Waals surface area (Å²) in [5.74, 6) is -0.285. The molecule has 0 aromatic heterocycles.